The topological polar surface area (TPSA) is 109 Å². The highest BCUT2D eigenvalue weighted by Crippen LogP contribution is 2.56. The summed E-state index contributed by atoms with van der Waals surface area (Å²) < 4.78 is 19.7. The summed E-state index contributed by atoms with van der Waals surface area (Å²) >= 11 is 0. The quantitative estimate of drug-likeness (QED) is 0.153. The van der Waals surface area contributed by atoms with E-state index < -0.39 is 12.2 Å². The third kappa shape index (κ3) is 7.36. The van der Waals surface area contributed by atoms with Crippen LogP contribution in [0.5, 0.6) is 28.7 Å². The molecular formula is C48H62O7. The lowest BCUT2D eigenvalue weighted by Gasteiger charge is -2.42. The number of allylic oxidation sites excluding steroid dienone is 2. The molecule has 55 heavy (non-hydrogen) atoms. The number of phenolic OH excluding ortho intramolecular Hbond substituents is 2. The molecule has 4 N–H and O–H groups in total. The Morgan fingerprint density at radius 1 is 0.945 bits per heavy atom. The maximum absolute atomic E-state index is 12.0. The van der Waals surface area contributed by atoms with Crippen molar-refractivity contribution in [3.8, 4) is 39.9 Å². The minimum absolute atomic E-state index is 0.0737. The van der Waals surface area contributed by atoms with Crippen molar-refractivity contribution in [3.63, 3.8) is 0 Å². The normalized spacial score (nSPS) is 28.0. The van der Waals surface area contributed by atoms with Crippen molar-refractivity contribution in [2.75, 3.05) is 13.7 Å². The van der Waals surface area contributed by atoms with E-state index in [9.17, 15) is 20.4 Å². The smallest absolute Gasteiger partial charge is 0.161 e. The minimum Gasteiger partial charge on any atom is -0.508 e. The summed E-state index contributed by atoms with van der Waals surface area (Å²) in [5.41, 5.74) is 7.54. The van der Waals surface area contributed by atoms with Gasteiger partial charge in [-0.05, 0) is 151 Å². The maximum atomic E-state index is 12.0. The first-order valence-electron chi connectivity index (χ1n) is 21.3. The van der Waals surface area contributed by atoms with Gasteiger partial charge in [0.15, 0.2) is 11.5 Å². The van der Waals surface area contributed by atoms with Gasteiger partial charge in [0.25, 0.3) is 0 Å². The summed E-state index contributed by atoms with van der Waals surface area (Å²) in [6, 6.07) is 11.5. The molecule has 0 bridgehead atoms. The van der Waals surface area contributed by atoms with Crippen LogP contribution in [0.2, 0.25) is 0 Å². The average Bonchev–Trinajstić information content (AvgIpc) is 3.62. The first-order valence-corrected chi connectivity index (χ1v) is 21.3. The van der Waals surface area contributed by atoms with Crippen LogP contribution in [0.3, 0.4) is 0 Å². The molecule has 0 saturated heterocycles. The number of hydrogen-bond acceptors (Lipinski definition) is 7. The zero-order valence-electron chi connectivity index (χ0n) is 33.4. The maximum Gasteiger partial charge on any atom is 0.161 e. The molecule has 5 aliphatic rings. The van der Waals surface area contributed by atoms with Gasteiger partial charge in [-0.15, -0.1) is 0 Å². The SMILES string of the molecule is CCC1CC(C2Cc3cc(O)c(CC(C)C)cc3-c3c(OC)cc4c(c32)CC(O)C(c2ccc(O)c(OC3CCCC5(CCCC5)C3)c2)O4)C=CC1CCO. The fourth-order valence-corrected chi connectivity index (χ4v) is 11.4. The molecule has 3 aromatic carbocycles. The van der Waals surface area contributed by atoms with E-state index in [1.807, 2.05) is 24.3 Å². The number of benzene rings is 3. The monoisotopic (exact) mass is 750 g/mol. The molecule has 2 fully saturated rings. The Labute approximate surface area is 327 Å². The second-order valence-corrected chi connectivity index (χ2v) is 18.1. The van der Waals surface area contributed by atoms with Gasteiger partial charge in [0.1, 0.15) is 23.4 Å². The highest BCUT2D eigenvalue weighted by Gasteiger charge is 2.43. The van der Waals surface area contributed by atoms with Gasteiger partial charge in [0.05, 0.1) is 19.3 Å². The number of fused-ring (bicyclic) bond motifs is 5. The summed E-state index contributed by atoms with van der Waals surface area (Å²) in [5.74, 6) is 3.90. The molecule has 7 heteroatoms. The predicted octanol–water partition coefficient (Wildman–Crippen LogP) is 10.1. The number of aliphatic hydroxyl groups excluding tert-OH is 2. The zero-order chi connectivity index (χ0) is 38.4. The van der Waals surface area contributed by atoms with Gasteiger partial charge in [-0.25, -0.2) is 0 Å². The molecule has 7 atom stereocenters. The van der Waals surface area contributed by atoms with Crippen LogP contribution in [0.15, 0.2) is 48.6 Å². The molecule has 4 aliphatic carbocycles. The van der Waals surface area contributed by atoms with Crippen LogP contribution < -0.4 is 14.2 Å². The molecule has 0 radical (unpaired) electrons. The first-order chi connectivity index (χ1) is 26.6. The third-order valence-electron chi connectivity index (χ3n) is 14.1. The van der Waals surface area contributed by atoms with E-state index in [0.29, 0.717) is 41.1 Å². The van der Waals surface area contributed by atoms with Gasteiger partial charge in [0.2, 0.25) is 0 Å². The molecule has 3 aromatic rings. The van der Waals surface area contributed by atoms with Gasteiger partial charge in [-0.1, -0.05) is 58.3 Å². The standard InChI is InChI=1S/C48H62O7/c1-5-29-20-31(11-10-30(29)14-18-49)36-21-33-23-40(51)34(19-28(2)3)22-37(33)46-44(53-4)26-42-38(45(36)46)25-41(52)47(55-42)32-12-13-39(50)43(24-32)54-35-9-8-17-48(27-35)15-6-7-16-48/h10-13,22-24,26,28-31,35-36,41,47,49-52H,5-9,14-21,25,27H2,1-4H3. The lowest BCUT2D eigenvalue weighted by atomic mass is 9.65. The van der Waals surface area contributed by atoms with Crippen LogP contribution in [-0.2, 0) is 19.3 Å². The van der Waals surface area contributed by atoms with Gasteiger partial charge in [-0.2, -0.15) is 0 Å². The Balaban J connectivity index is 1.17. The van der Waals surface area contributed by atoms with E-state index in [1.165, 1.54) is 37.7 Å². The number of rotatable bonds is 10. The fourth-order valence-electron chi connectivity index (χ4n) is 11.4. The lowest BCUT2D eigenvalue weighted by Crippen LogP contribution is -2.34. The Kier molecular flexibility index (Phi) is 10.9. The molecule has 1 heterocycles. The minimum atomic E-state index is -0.823. The highest BCUT2D eigenvalue weighted by molar-refractivity contribution is 5.83. The fraction of sp³-hybridized carbons (Fsp3) is 0.583. The molecule has 0 aromatic heterocycles. The predicted molar refractivity (Wildman–Crippen MR) is 216 cm³/mol. The van der Waals surface area contributed by atoms with Crippen LogP contribution in [0.1, 0.15) is 131 Å². The summed E-state index contributed by atoms with van der Waals surface area (Å²) in [6.45, 7) is 6.78. The molecule has 7 nitrogen and oxygen atoms in total. The molecule has 2 saturated carbocycles. The number of ether oxygens (including phenoxy) is 3. The molecular weight excluding hydrogens is 689 g/mol. The van der Waals surface area contributed by atoms with Crippen LogP contribution in [-0.4, -0.2) is 46.4 Å². The second kappa shape index (κ2) is 15.7. The van der Waals surface area contributed by atoms with E-state index in [1.54, 1.807) is 13.2 Å². The molecule has 0 amide bonds. The number of aliphatic hydroxyl groups is 2. The number of hydrogen-bond donors (Lipinski definition) is 4. The zero-order valence-corrected chi connectivity index (χ0v) is 33.4. The Morgan fingerprint density at radius 2 is 1.75 bits per heavy atom. The molecule has 296 valence electrons. The number of phenols is 2. The van der Waals surface area contributed by atoms with Gasteiger partial charge in [0, 0.05) is 30.2 Å². The second-order valence-electron chi connectivity index (χ2n) is 18.1. The van der Waals surface area contributed by atoms with Gasteiger partial charge < -0.3 is 34.6 Å². The average molecular weight is 751 g/mol. The van der Waals surface area contributed by atoms with E-state index in [2.05, 4.69) is 39.0 Å². The Morgan fingerprint density at radius 3 is 2.49 bits per heavy atom. The Bertz CT molecular complexity index is 1890. The third-order valence-corrected chi connectivity index (χ3v) is 14.1. The van der Waals surface area contributed by atoms with Crippen molar-refractivity contribution >= 4 is 0 Å². The summed E-state index contributed by atoms with van der Waals surface area (Å²) in [5, 5.41) is 44.1. The first kappa shape index (κ1) is 38.2. The molecule has 8 rings (SSSR count). The van der Waals surface area contributed by atoms with E-state index in [4.69, 9.17) is 14.2 Å². The van der Waals surface area contributed by atoms with Crippen LogP contribution in [0.4, 0.5) is 0 Å². The van der Waals surface area contributed by atoms with Crippen molar-refractivity contribution in [2.24, 2.45) is 29.1 Å². The highest BCUT2D eigenvalue weighted by atomic mass is 16.5. The summed E-state index contributed by atoms with van der Waals surface area (Å²) in [6.07, 6.45) is 17.7. The van der Waals surface area contributed by atoms with Gasteiger partial charge in [-0.3, -0.25) is 0 Å². The van der Waals surface area contributed by atoms with Crippen molar-refractivity contribution in [1.82, 2.24) is 0 Å². The lowest BCUT2D eigenvalue weighted by molar-refractivity contribution is 0.0196. The van der Waals surface area contributed by atoms with Crippen LogP contribution in [0.25, 0.3) is 11.1 Å². The summed E-state index contributed by atoms with van der Waals surface area (Å²) in [4.78, 5) is 0. The Hall–Kier alpha value is -3.68. The van der Waals surface area contributed by atoms with Crippen LogP contribution in [0, 0.1) is 29.1 Å². The summed E-state index contributed by atoms with van der Waals surface area (Å²) in [7, 11) is 1.72. The molecule has 7 unspecified atom stereocenters. The number of aromatic hydroxyl groups is 2. The van der Waals surface area contributed by atoms with Gasteiger partial charge >= 0.3 is 0 Å². The van der Waals surface area contributed by atoms with E-state index >= 15 is 0 Å². The van der Waals surface area contributed by atoms with Crippen molar-refractivity contribution in [2.45, 2.75) is 135 Å². The molecule has 1 aliphatic heterocycles. The van der Waals surface area contributed by atoms with Crippen molar-refractivity contribution < 1.29 is 34.6 Å². The van der Waals surface area contributed by atoms with Crippen LogP contribution >= 0.6 is 0 Å². The van der Waals surface area contributed by atoms with Crippen molar-refractivity contribution in [3.05, 3.63) is 76.4 Å². The molecule has 1 spiro atoms. The van der Waals surface area contributed by atoms with Crippen molar-refractivity contribution in [1.29, 1.82) is 0 Å². The van der Waals surface area contributed by atoms with E-state index in [0.717, 1.165) is 96.2 Å². The number of methoxy groups -OCH3 is 1. The van der Waals surface area contributed by atoms with E-state index in [-0.39, 0.29) is 30.3 Å². The largest absolute Gasteiger partial charge is 0.508 e.